The van der Waals surface area contributed by atoms with Gasteiger partial charge in [-0.15, -0.1) is 0 Å². The van der Waals surface area contributed by atoms with Gasteiger partial charge in [0.15, 0.2) is 5.82 Å². The van der Waals surface area contributed by atoms with Gasteiger partial charge in [-0.05, 0) is 30.0 Å². The Labute approximate surface area is 131 Å². The SMILES string of the molecule is N#Cc1cccc2c1CC[C@H]2Nc1nccn(CC(=O)O)c1=O. The fourth-order valence-electron chi connectivity index (χ4n) is 2.89. The number of carboxylic acid groups (broad SMARTS) is 1. The van der Waals surface area contributed by atoms with Crippen LogP contribution in [0.5, 0.6) is 0 Å². The zero-order valence-electron chi connectivity index (χ0n) is 12.2. The van der Waals surface area contributed by atoms with E-state index in [0.29, 0.717) is 5.56 Å². The summed E-state index contributed by atoms with van der Waals surface area (Å²) >= 11 is 0. The molecule has 1 aliphatic rings. The van der Waals surface area contributed by atoms with Crippen LogP contribution < -0.4 is 10.9 Å². The average molecular weight is 310 g/mol. The molecule has 2 aromatic rings. The molecule has 3 rings (SSSR count). The number of nitrogens with one attached hydrogen (secondary N) is 1. The van der Waals surface area contributed by atoms with Crippen LogP contribution in [-0.4, -0.2) is 20.6 Å². The number of nitriles is 1. The largest absolute Gasteiger partial charge is 0.480 e. The first-order valence-electron chi connectivity index (χ1n) is 7.16. The monoisotopic (exact) mass is 310 g/mol. The summed E-state index contributed by atoms with van der Waals surface area (Å²) < 4.78 is 1.10. The van der Waals surface area contributed by atoms with Crippen molar-refractivity contribution in [3.8, 4) is 6.07 Å². The maximum Gasteiger partial charge on any atom is 0.323 e. The Morgan fingerprint density at radius 2 is 2.35 bits per heavy atom. The van der Waals surface area contributed by atoms with Gasteiger partial charge < -0.3 is 10.4 Å². The molecule has 0 bridgehead atoms. The first-order chi connectivity index (χ1) is 11.1. The van der Waals surface area contributed by atoms with Crippen molar-refractivity contribution in [3.63, 3.8) is 0 Å². The summed E-state index contributed by atoms with van der Waals surface area (Å²) in [4.78, 5) is 27.1. The van der Waals surface area contributed by atoms with Gasteiger partial charge in [0.25, 0.3) is 5.56 Å². The predicted molar refractivity (Wildman–Crippen MR) is 82.0 cm³/mol. The van der Waals surface area contributed by atoms with Crippen molar-refractivity contribution in [1.82, 2.24) is 9.55 Å². The Hall–Kier alpha value is -3.14. The highest BCUT2D eigenvalue weighted by molar-refractivity contribution is 5.66. The third-order valence-electron chi connectivity index (χ3n) is 3.92. The van der Waals surface area contributed by atoms with Gasteiger partial charge in [-0.2, -0.15) is 5.26 Å². The molecule has 0 saturated carbocycles. The van der Waals surface area contributed by atoms with Gasteiger partial charge in [-0.3, -0.25) is 14.2 Å². The predicted octanol–water partition coefficient (Wildman–Crippen LogP) is 1.30. The Kier molecular flexibility index (Phi) is 3.81. The lowest BCUT2D eigenvalue weighted by atomic mass is 10.0. The van der Waals surface area contributed by atoms with Gasteiger partial charge in [-0.1, -0.05) is 12.1 Å². The second-order valence-electron chi connectivity index (χ2n) is 5.32. The van der Waals surface area contributed by atoms with Crippen LogP contribution >= 0.6 is 0 Å². The molecule has 0 saturated heterocycles. The fraction of sp³-hybridized carbons (Fsp3) is 0.250. The molecule has 1 aliphatic carbocycles. The zero-order valence-corrected chi connectivity index (χ0v) is 12.2. The number of aliphatic carboxylic acids is 1. The van der Waals surface area contributed by atoms with Crippen LogP contribution in [0.15, 0.2) is 35.4 Å². The number of nitrogens with zero attached hydrogens (tertiary/aromatic N) is 3. The van der Waals surface area contributed by atoms with Gasteiger partial charge in [-0.25, -0.2) is 4.98 Å². The van der Waals surface area contributed by atoms with Crippen molar-refractivity contribution in [2.24, 2.45) is 0 Å². The number of hydrogen-bond acceptors (Lipinski definition) is 5. The van der Waals surface area contributed by atoms with Gasteiger partial charge in [0.2, 0.25) is 0 Å². The molecule has 0 amide bonds. The smallest absolute Gasteiger partial charge is 0.323 e. The van der Waals surface area contributed by atoms with Crippen LogP contribution in [0.25, 0.3) is 0 Å². The molecule has 0 fully saturated rings. The number of fused-ring (bicyclic) bond motifs is 1. The molecule has 0 radical (unpaired) electrons. The van der Waals surface area contributed by atoms with Crippen molar-refractivity contribution >= 4 is 11.8 Å². The lowest BCUT2D eigenvalue weighted by molar-refractivity contribution is -0.137. The van der Waals surface area contributed by atoms with E-state index in [1.165, 1.54) is 12.4 Å². The zero-order chi connectivity index (χ0) is 16.4. The summed E-state index contributed by atoms with van der Waals surface area (Å²) in [6.07, 6.45) is 4.25. The molecule has 7 nitrogen and oxygen atoms in total. The van der Waals surface area contributed by atoms with E-state index in [0.717, 1.165) is 28.5 Å². The molecular weight excluding hydrogens is 296 g/mol. The van der Waals surface area contributed by atoms with Crippen LogP contribution in [0.3, 0.4) is 0 Å². The molecule has 1 atom stereocenters. The second-order valence-corrected chi connectivity index (χ2v) is 5.32. The van der Waals surface area contributed by atoms with Crippen molar-refractivity contribution in [1.29, 1.82) is 5.26 Å². The van der Waals surface area contributed by atoms with Crippen LogP contribution in [0.1, 0.15) is 29.2 Å². The molecule has 23 heavy (non-hydrogen) atoms. The second kappa shape index (κ2) is 5.93. The van der Waals surface area contributed by atoms with Crippen molar-refractivity contribution in [2.45, 2.75) is 25.4 Å². The van der Waals surface area contributed by atoms with Crippen molar-refractivity contribution in [2.75, 3.05) is 5.32 Å². The van der Waals surface area contributed by atoms with Crippen molar-refractivity contribution in [3.05, 3.63) is 57.6 Å². The summed E-state index contributed by atoms with van der Waals surface area (Å²) in [5, 5.41) is 21.1. The van der Waals surface area contributed by atoms with Crippen LogP contribution in [0, 0.1) is 11.3 Å². The first-order valence-corrected chi connectivity index (χ1v) is 7.16. The lowest BCUT2D eigenvalue weighted by Crippen LogP contribution is -2.27. The minimum absolute atomic E-state index is 0.112. The van der Waals surface area contributed by atoms with Crippen LogP contribution in [0.2, 0.25) is 0 Å². The summed E-state index contributed by atoms with van der Waals surface area (Å²) in [6.45, 7) is -0.407. The summed E-state index contributed by atoms with van der Waals surface area (Å²) in [5.74, 6) is -0.969. The number of hydrogen-bond donors (Lipinski definition) is 2. The Bertz CT molecular complexity index is 866. The molecule has 2 N–H and O–H groups in total. The number of aromatic nitrogens is 2. The lowest BCUT2D eigenvalue weighted by Gasteiger charge is -2.15. The quantitative estimate of drug-likeness (QED) is 0.881. The number of rotatable bonds is 4. The molecule has 0 aliphatic heterocycles. The maximum atomic E-state index is 12.2. The van der Waals surface area contributed by atoms with E-state index < -0.39 is 18.1 Å². The van der Waals surface area contributed by atoms with Gasteiger partial charge in [0, 0.05) is 12.4 Å². The molecule has 1 aromatic carbocycles. The third kappa shape index (κ3) is 2.79. The molecule has 0 unspecified atom stereocenters. The molecule has 1 aromatic heterocycles. The highest BCUT2D eigenvalue weighted by atomic mass is 16.4. The van der Waals surface area contributed by atoms with E-state index in [2.05, 4.69) is 16.4 Å². The average Bonchev–Trinajstić information content (AvgIpc) is 2.94. The topological polar surface area (TPSA) is 108 Å². The molecule has 0 spiro atoms. The minimum atomic E-state index is -1.09. The normalized spacial score (nSPS) is 15.7. The Morgan fingerprint density at radius 3 is 3.09 bits per heavy atom. The van der Waals surface area contributed by atoms with E-state index in [9.17, 15) is 9.59 Å². The van der Waals surface area contributed by atoms with Gasteiger partial charge >= 0.3 is 5.97 Å². The number of carbonyl (C=O) groups is 1. The van der Waals surface area contributed by atoms with E-state index in [1.807, 2.05) is 12.1 Å². The molecule has 116 valence electrons. The highest BCUT2D eigenvalue weighted by Crippen LogP contribution is 2.34. The summed E-state index contributed by atoms with van der Waals surface area (Å²) in [7, 11) is 0. The maximum absolute atomic E-state index is 12.2. The number of benzene rings is 1. The van der Waals surface area contributed by atoms with E-state index in [1.54, 1.807) is 6.07 Å². The van der Waals surface area contributed by atoms with Crippen LogP contribution in [-0.2, 0) is 17.8 Å². The van der Waals surface area contributed by atoms with Gasteiger partial charge in [0.05, 0.1) is 17.7 Å². The first kappa shape index (κ1) is 14.8. The molecule has 7 heteroatoms. The van der Waals surface area contributed by atoms with E-state index in [4.69, 9.17) is 10.4 Å². The van der Waals surface area contributed by atoms with Crippen LogP contribution in [0.4, 0.5) is 5.82 Å². The van der Waals surface area contributed by atoms with Crippen molar-refractivity contribution < 1.29 is 9.90 Å². The molecular formula is C16H14N4O3. The van der Waals surface area contributed by atoms with Gasteiger partial charge in [0.1, 0.15) is 6.54 Å². The highest BCUT2D eigenvalue weighted by Gasteiger charge is 2.25. The number of carboxylic acids is 1. The standard InChI is InChI=1S/C16H14N4O3/c17-8-10-2-1-3-12-11(10)4-5-13(12)19-15-16(23)20(7-6-18-15)9-14(21)22/h1-3,6-7,13H,4-5,9H2,(H,18,19)(H,21,22)/t13-/m1/s1. The van der Waals surface area contributed by atoms with E-state index >= 15 is 0 Å². The fourth-order valence-corrected chi connectivity index (χ4v) is 2.89. The summed E-state index contributed by atoms with van der Waals surface area (Å²) in [6, 6.07) is 7.60. The Balaban J connectivity index is 1.90. The summed E-state index contributed by atoms with van der Waals surface area (Å²) in [5.41, 5.74) is 2.16. The number of anilines is 1. The molecule has 1 heterocycles. The Morgan fingerprint density at radius 1 is 1.52 bits per heavy atom. The third-order valence-corrected chi connectivity index (χ3v) is 3.92. The van der Waals surface area contributed by atoms with E-state index in [-0.39, 0.29) is 11.9 Å². The minimum Gasteiger partial charge on any atom is -0.480 e.